The maximum atomic E-state index is 2.43. The number of rotatable bonds is 10. The highest BCUT2D eigenvalue weighted by molar-refractivity contribution is 6.22. The number of fused-ring (bicyclic) bond motifs is 5. The monoisotopic (exact) mass is 978 g/mol. The molecule has 0 saturated carbocycles. The molecule has 0 bridgehead atoms. The van der Waals surface area contributed by atoms with E-state index in [9.17, 15) is 0 Å². The molecule has 0 aliphatic rings. The average molecular weight is 979 g/mol. The summed E-state index contributed by atoms with van der Waals surface area (Å²) in [5, 5.41) is 7.47. The predicted octanol–water partition coefficient (Wildman–Crippen LogP) is 21.3. The molecule has 0 heterocycles. The molecule has 0 spiro atoms. The summed E-state index contributed by atoms with van der Waals surface area (Å²) in [6, 6.07) is 98.3. The molecule has 0 unspecified atom stereocenters. The van der Waals surface area contributed by atoms with Gasteiger partial charge < -0.3 is 9.80 Å². The van der Waals surface area contributed by atoms with Crippen LogP contribution in [0.15, 0.2) is 267 Å². The molecule has 0 saturated heterocycles. The fraction of sp³-hybridized carbons (Fsp3) is 0.108. The first-order valence-corrected chi connectivity index (χ1v) is 26.7. The second-order valence-corrected chi connectivity index (χ2v) is 22.2. The van der Waals surface area contributed by atoms with Crippen molar-refractivity contribution in [1.82, 2.24) is 0 Å². The summed E-state index contributed by atoms with van der Waals surface area (Å²) in [6.07, 6.45) is 0. The van der Waals surface area contributed by atoms with E-state index in [1.807, 2.05) is 0 Å². The number of anilines is 6. The van der Waals surface area contributed by atoms with E-state index in [2.05, 4.69) is 318 Å². The minimum atomic E-state index is 0.0594. The van der Waals surface area contributed by atoms with Crippen LogP contribution in [-0.4, -0.2) is 0 Å². The molecule has 12 aromatic rings. The molecule has 0 amide bonds. The number of benzene rings is 12. The van der Waals surface area contributed by atoms with Crippen molar-refractivity contribution in [2.45, 2.75) is 52.4 Å². The highest BCUT2D eigenvalue weighted by atomic mass is 15.1. The topological polar surface area (TPSA) is 6.48 Å². The average Bonchev–Trinajstić information content (AvgIpc) is 3.46. The van der Waals surface area contributed by atoms with Crippen molar-refractivity contribution in [3.8, 4) is 44.5 Å². The fourth-order valence-corrected chi connectivity index (χ4v) is 11.0. The molecule has 0 aromatic heterocycles. The Hall–Kier alpha value is -8.98. The van der Waals surface area contributed by atoms with Gasteiger partial charge in [0, 0.05) is 34.1 Å². The van der Waals surface area contributed by atoms with Crippen LogP contribution in [0.3, 0.4) is 0 Å². The fourth-order valence-electron chi connectivity index (χ4n) is 11.0. The number of nitrogens with zero attached hydrogens (tertiary/aromatic N) is 2. The van der Waals surface area contributed by atoms with Crippen molar-refractivity contribution in [2.24, 2.45) is 0 Å². The Bertz CT molecular complexity index is 3980. The van der Waals surface area contributed by atoms with E-state index in [4.69, 9.17) is 0 Å². The van der Waals surface area contributed by atoms with Gasteiger partial charge in [-0.2, -0.15) is 0 Å². The van der Waals surface area contributed by atoms with Crippen LogP contribution in [0.2, 0.25) is 0 Å². The van der Waals surface area contributed by atoms with E-state index in [-0.39, 0.29) is 10.8 Å². The third-order valence-electron chi connectivity index (χ3n) is 15.2. The van der Waals surface area contributed by atoms with Gasteiger partial charge in [-0.15, -0.1) is 0 Å². The van der Waals surface area contributed by atoms with E-state index >= 15 is 0 Å². The molecule has 2 nitrogen and oxygen atoms in total. The number of hydrogen-bond acceptors (Lipinski definition) is 2. The smallest absolute Gasteiger partial charge is 0.0462 e. The van der Waals surface area contributed by atoms with Gasteiger partial charge in [0.1, 0.15) is 0 Å². The Morgan fingerprint density at radius 1 is 0.211 bits per heavy atom. The van der Waals surface area contributed by atoms with Crippen molar-refractivity contribution in [3.63, 3.8) is 0 Å². The van der Waals surface area contributed by atoms with Gasteiger partial charge >= 0.3 is 0 Å². The van der Waals surface area contributed by atoms with E-state index in [1.54, 1.807) is 0 Å². The molecule has 0 atom stereocenters. The maximum absolute atomic E-state index is 2.43. The summed E-state index contributed by atoms with van der Waals surface area (Å²) < 4.78 is 0. The van der Waals surface area contributed by atoms with Crippen LogP contribution in [0.25, 0.3) is 76.8 Å². The molecule has 0 N–H and O–H groups in total. The zero-order chi connectivity index (χ0) is 52.0. The van der Waals surface area contributed by atoms with Gasteiger partial charge in [-0.1, -0.05) is 230 Å². The minimum absolute atomic E-state index is 0.0594. The van der Waals surface area contributed by atoms with Gasteiger partial charge in [-0.05, 0) is 178 Å². The molecule has 76 heavy (non-hydrogen) atoms. The predicted molar refractivity (Wildman–Crippen MR) is 327 cm³/mol. The lowest BCUT2D eigenvalue weighted by molar-refractivity contribution is 0.590. The van der Waals surface area contributed by atoms with Crippen LogP contribution in [0, 0.1) is 0 Å². The summed E-state index contributed by atoms with van der Waals surface area (Å²) in [5.41, 5.74) is 19.1. The van der Waals surface area contributed by atoms with Gasteiger partial charge in [0.2, 0.25) is 0 Å². The van der Waals surface area contributed by atoms with E-state index in [1.165, 1.54) is 88.0 Å². The molecule has 0 aliphatic heterocycles. The molecule has 0 fully saturated rings. The highest BCUT2D eigenvalue weighted by Gasteiger charge is 2.20. The largest absolute Gasteiger partial charge is 0.311 e. The van der Waals surface area contributed by atoms with E-state index in [0.717, 1.165) is 34.1 Å². The Kier molecular flexibility index (Phi) is 12.4. The summed E-state index contributed by atoms with van der Waals surface area (Å²) in [6.45, 7) is 13.6. The summed E-state index contributed by atoms with van der Waals surface area (Å²) >= 11 is 0. The Morgan fingerprint density at radius 2 is 0.500 bits per heavy atom. The van der Waals surface area contributed by atoms with Crippen molar-refractivity contribution < 1.29 is 0 Å². The van der Waals surface area contributed by atoms with E-state index < -0.39 is 0 Å². The van der Waals surface area contributed by atoms with Crippen LogP contribution in [-0.2, 0) is 10.8 Å². The Balaban J connectivity index is 0.912. The van der Waals surface area contributed by atoms with Gasteiger partial charge in [-0.3, -0.25) is 0 Å². The van der Waals surface area contributed by atoms with Gasteiger partial charge in [0.25, 0.3) is 0 Å². The zero-order valence-corrected chi connectivity index (χ0v) is 44.3. The summed E-state index contributed by atoms with van der Waals surface area (Å²) in [4.78, 5) is 4.74. The van der Waals surface area contributed by atoms with Crippen LogP contribution in [0.5, 0.6) is 0 Å². The standard InChI is InChI=1S/C74H62N2/c1-73(2,3)57-32-44-63(45-33-57)75(59-36-24-53(25-37-59)51-16-9-7-10-17-51)61-40-28-55(29-41-61)65-22-15-23-68-69(65)48-49-70-66-20-13-14-21-67(66)71(50-72(68)70)56-30-42-62(43-31-56)76(64-46-34-58(35-47-64)74(4,5)6)60-38-26-54(27-39-60)52-18-11-8-12-19-52/h7-50H,1-6H3. The van der Waals surface area contributed by atoms with Crippen LogP contribution in [0.1, 0.15) is 52.7 Å². The normalized spacial score (nSPS) is 11.8. The zero-order valence-electron chi connectivity index (χ0n) is 44.3. The van der Waals surface area contributed by atoms with Gasteiger partial charge in [0.15, 0.2) is 0 Å². The van der Waals surface area contributed by atoms with Crippen LogP contribution in [0.4, 0.5) is 34.1 Å². The lowest BCUT2D eigenvalue weighted by Crippen LogP contribution is -2.13. The van der Waals surface area contributed by atoms with Crippen molar-refractivity contribution in [2.75, 3.05) is 9.80 Å². The third kappa shape index (κ3) is 9.33. The second kappa shape index (κ2) is 19.7. The summed E-state index contributed by atoms with van der Waals surface area (Å²) in [5.74, 6) is 0. The van der Waals surface area contributed by atoms with Crippen molar-refractivity contribution >= 4 is 66.4 Å². The molecule has 0 radical (unpaired) electrons. The van der Waals surface area contributed by atoms with E-state index in [0.29, 0.717) is 0 Å². The van der Waals surface area contributed by atoms with Crippen molar-refractivity contribution in [3.05, 3.63) is 278 Å². The lowest BCUT2D eigenvalue weighted by Gasteiger charge is -2.27. The molecular formula is C74H62N2. The first-order valence-electron chi connectivity index (χ1n) is 26.7. The number of hydrogen-bond donors (Lipinski definition) is 0. The first-order chi connectivity index (χ1) is 36.9. The second-order valence-electron chi connectivity index (χ2n) is 22.2. The molecule has 2 heteroatoms. The highest BCUT2D eigenvalue weighted by Crippen LogP contribution is 2.44. The van der Waals surface area contributed by atoms with Crippen LogP contribution >= 0.6 is 0 Å². The SMILES string of the molecule is CC(C)(C)c1ccc(N(c2ccc(-c3ccccc3)cc2)c2ccc(-c3cc4c5cccc(-c6ccc(N(c7ccc(-c8ccccc8)cc7)c7ccc(C(C)(C)C)cc7)cc6)c5ccc4c4ccccc34)cc2)cc1. The molecule has 0 aliphatic carbocycles. The minimum Gasteiger partial charge on any atom is -0.311 e. The molecule has 12 aromatic carbocycles. The molecular weight excluding hydrogens is 917 g/mol. The van der Waals surface area contributed by atoms with Crippen LogP contribution < -0.4 is 9.80 Å². The van der Waals surface area contributed by atoms with Gasteiger partial charge in [-0.25, -0.2) is 0 Å². The molecule has 368 valence electrons. The maximum Gasteiger partial charge on any atom is 0.0462 e. The Morgan fingerprint density at radius 3 is 0.921 bits per heavy atom. The summed E-state index contributed by atoms with van der Waals surface area (Å²) in [7, 11) is 0. The first kappa shape index (κ1) is 48.0. The molecule has 12 rings (SSSR count). The van der Waals surface area contributed by atoms with Gasteiger partial charge in [0.05, 0.1) is 0 Å². The van der Waals surface area contributed by atoms with Crippen molar-refractivity contribution in [1.29, 1.82) is 0 Å². The lowest BCUT2D eigenvalue weighted by atomic mass is 9.87. The quantitative estimate of drug-likeness (QED) is 0.126. The Labute approximate surface area is 448 Å². The third-order valence-corrected chi connectivity index (χ3v) is 15.2.